The van der Waals surface area contributed by atoms with E-state index in [1.807, 2.05) is 37.4 Å². The van der Waals surface area contributed by atoms with Gasteiger partial charge in [-0.05, 0) is 54.9 Å². The van der Waals surface area contributed by atoms with Gasteiger partial charge in [0.05, 0.1) is 28.7 Å². The fraction of sp³-hybridized carbons (Fsp3) is 0.400. The van der Waals surface area contributed by atoms with Crippen LogP contribution >= 0.6 is 0 Å². The predicted molar refractivity (Wildman–Crippen MR) is 129 cm³/mol. The lowest BCUT2D eigenvalue weighted by Gasteiger charge is -2.30. The van der Waals surface area contributed by atoms with Crippen LogP contribution in [0.4, 0.5) is 0 Å². The van der Waals surface area contributed by atoms with Crippen LogP contribution in [0, 0.1) is 0 Å². The summed E-state index contributed by atoms with van der Waals surface area (Å²) >= 11 is 0. The second-order valence-corrected chi connectivity index (χ2v) is 9.99. The minimum Gasteiger partial charge on any atom is -0.494 e. The second-order valence-electron chi connectivity index (χ2n) is 8.25. The van der Waals surface area contributed by atoms with Crippen molar-refractivity contribution in [2.75, 3.05) is 25.4 Å². The second kappa shape index (κ2) is 10.3. The number of primary amides is 1. The van der Waals surface area contributed by atoms with Gasteiger partial charge in [-0.3, -0.25) is 4.79 Å². The van der Waals surface area contributed by atoms with Gasteiger partial charge in [0.25, 0.3) is 5.91 Å². The smallest absolute Gasteiger partial charge is 0.250 e. The lowest BCUT2D eigenvalue weighted by atomic mass is 9.89. The number of ether oxygens (including phenoxy) is 1. The summed E-state index contributed by atoms with van der Waals surface area (Å²) in [5.41, 5.74) is 9.37. The predicted octanol–water partition coefficient (Wildman–Crippen LogP) is 4.14. The molecule has 170 valence electrons. The zero-order valence-electron chi connectivity index (χ0n) is 18.5. The number of aryl methyl sites for hydroxylation is 1. The van der Waals surface area contributed by atoms with Gasteiger partial charge in [-0.15, -0.1) is 0 Å². The first-order valence-electron chi connectivity index (χ1n) is 11.3. The normalized spacial score (nSPS) is 16.3. The van der Waals surface area contributed by atoms with Crippen molar-refractivity contribution in [3.8, 4) is 5.75 Å². The molecule has 32 heavy (non-hydrogen) atoms. The number of fused-ring (bicyclic) bond motifs is 1. The molecule has 2 aromatic carbocycles. The van der Waals surface area contributed by atoms with E-state index in [0.29, 0.717) is 29.6 Å². The van der Waals surface area contributed by atoms with Crippen LogP contribution < -0.4 is 10.5 Å². The summed E-state index contributed by atoms with van der Waals surface area (Å²) in [5.74, 6) is 1.21. The molecule has 1 aliphatic heterocycles. The van der Waals surface area contributed by atoms with Crippen molar-refractivity contribution in [3.63, 3.8) is 0 Å². The molecule has 1 atom stereocenters. The quantitative estimate of drug-likeness (QED) is 0.477. The van der Waals surface area contributed by atoms with E-state index in [2.05, 4.69) is 21.4 Å². The number of carbonyl (C=O) groups excluding carboxylic acids is 1. The highest BCUT2D eigenvalue weighted by molar-refractivity contribution is 7.82. The maximum atomic E-state index is 12.1. The highest BCUT2D eigenvalue weighted by Gasteiger charge is 2.26. The average molecular weight is 454 g/mol. The summed E-state index contributed by atoms with van der Waals surface area (Å²) in [5, 5.41) is 0.995. The molecule has 1 amide bonds. The van der Waals surface area contributed by atoms with E-state index in [-0.39, 0.29) is 0 Å². The lowest BCUT2D eigenvalue weighted by Crippen LogP contribution is -2.35. The van der Waals surface area contributed by atoms with Gasteiger partial charge in [0.15, 0.2) is 0 Å². The van der Waals surface area contributed by atoms with Gasteiger partial charge in [-0.25, -0.2) is 8.51 Å². The van der Waals surface area contributed by atoms with Gasteiger partial charge in [0, 0.05) is 30.4 Å². The summed E-state index contributed by atoms with van der Waals surface area (Å²) in [6, 6.07) is 14.1. The molecule has 4 rings (SSSR count). The Labute approximate surface area is 191 Å². The van der Waals surface area contributed by atoms with E-state index in [1.54, 1.807) is 6.07 Å². The first kappa shape index (κ1) is 22.6. The minimum atomic E-state index is -0.890. The number of rotatable bonds is 9. The Morgan fingerprint density at radius 3 is 2.66 bits per heavy atom. The molecular formula is C25H31N3O3S. The number of aromatic amines is 1. The van der Waals surface area contributed by atoms with Crippen molar-refractivity contribution >= 4 is 27.8 Å². The van der Waals surface area contributed by atoms with E-state index >= 15 is 0 Å². The van der Waals surface area contributed by atoms with Crippen LogP contribution in [-0.2, 0) is 17.4 Å². The number of hydrogen-bond acceptors (Lipinski definition) is 3. The van der Waals surface area contributed by atoms with Crippen LogP contribution in [0.1, 0.15) is 53.6 Å². The number of H-pyrrole nitrogens is 1. The highest BCUT2D eigenvalue weighted by atomic mass is 32.2. The fourth-order valence-electron chi connectivity index (χ4n) is 4.51. The number of carbonyl (C=O) groups is 1. The third kappa shape index (κ3) is 5.05. The summed E-state index contributed by atoms with van der Waals surface area (Å²) < 4.78 is 20.2. The molecule has 0 aliphatic carbocycles. The third-order valence-electron chi connectivity index (χ3n) is 6.21. The molecule has 3 aromatic rings. The number of aromatic nitrogens is 1. The van der Waals surface area contributed by atoms with Gasteiger partial charge in [-0.2, -0.15) is 0 Å². The van der Waals surface area contributed by atoms with E-state index in [9.17, 15) is 9.00 Å². The first-order chi connectivity index (χ1) is 15.6. The molecule has 0 spiro atoms. The minimum absolute atomic E-state index is 0.350. The largest absolute Gasteiger partial charge is 0.494 e. The third-order valence-corrected chi connectivity index (χ3v) is 7.65. The number of benzene rings is 2. The van der Waals surface area contributed by atoms with Crippen molar-refractivity contribution in [1.29, 1.82) is 0 Å². The Morgan fingerprint density at radius 1 is 1.22 bits per heavy atom. The van der Waals surface area contributed by atoms with Crippen LogP contribution in [0.2, 0.25) is 0 Å². The van der Waals surface area contributed by atoms with Gasteiger partial charge in [-0.1, -0.05) is 37.3 Å². The van der Waals surface area contributed by atoms with Crippen LogP contribution in [0.25, 0.3) is 10.9 Å². The number of nitrogens with two attached hydrogens (primary N) is 1. The van der Waals surface area contributed by atoms with Crippen LogP contribution in [0.5, 0.6) is 5.75 Å². The standard InChI is InChI=1S/C25H31N3O3S/c1-2-32(30)28-12-10-19(11-13-28)23-17-27-24-21(23)15-20(16-22(24)25(26)29)31-14-6-9-18-7-4-3-5-8-18/h3-5,7-8,15-17,19,27H,2,6,9-14H2,1H3,(H2,26,29). The van der Waals surface area contributed by atoms with Gasteiger partial charge >= 0.3 is 0 Å². The molecular weight excluding hydrogens is 422 g/mol. The van der Waals surface area contributed by atoms with Gasteiger partial charge in [0.1, 0.15) is 5.75 Å². The molecule has 2 heterocycles. The number of piperidine rings is 1. The van der Waals surface area contributed by atoms with E-state index in [4.69, 9.17) is 10.5 Å². The van der Waals surface area contributed by atoms with Crippen molar-refractivity contribution in [2.24, 2.45) is 5.73 Å². The van der Waals surface area contributed by atoms with Gasteiger partial charge in [0.2, 0.25) is 0 Å². The molecule has 0 radical (unpaired) electrons. The lowest BCUT2D eigenvalue weighted by molar-refractivity contribution is 0.100. The Bertz CT molecular complexity index is 1090. The summed E-state index contributed by atoms with van der Waals surface area (Å²) in [6.45, 7) is 4.15. The molecule has 1 unspecified atom stereocenters. The monoisotopic (exact) mass is 453 g/mol. The summed E-state index contributed by atoms with van der Waals surface area (Å²) in [6.07, 6.45) is 5.70. The number of nitrogens with zero attached hydrogens (tertiary/aromatic N) is 1. The van der Waals surface area contributed by atoms with Crippen molar-refractivity contribution in [3.05, 3.63) is 65.4 Å². The molecule has 1 fully saturated rings. The van der Waals surface area contributed by atoms with Crippen molar-refractivity contribution in [1.82, 2.24) is 9.29 Å². The maximum Gasteiger partial charge on any atom is 0.250 e. The molecule has 3 N–H and O–H groups in total. The number of nitrogens with one attached hydrogen (secondary N) is 1. The van der Waals surface area contributed by atoms with Crippen LogP contribution in [0.3, 0.4) is 0 Å². The Kier molecular flexibility index (Phi) is 7.27. The molecule has 1 saturated heterocycles. The molecule has 0 bridgehead atoms. The van der Waals surface area contributed by atoms with Crippen molar-refractivity contribution < 1.29 is 13.7 Å². The first-order valence-corrected chi connectivity index (χ1v) is 12.6. The van der Waals surface area contributed by atoms with E-state index in [1.165, 1.54) is 11.1 Å². The molecule has 0 saturated carbocycles. The fourth-order valence-corrected chi connectivity index (χ4v) is 5.49. The Balaban J connectivity index is 1.49. The summed E-state index contributed by atoms with van der Waals surface area (Å²) in [4.78, 5) is 15.4. The Hall–Kier alpha value is -2.64. The Morgan fingerprint density at radius 2 is 1.97 bits per heavy atom. The highest BCUT2D eigenvalue weighted by Crippen LogP contribution is 2.36. The topological polar surface area (TPSA) is 88.4 Å². The van der Waals surface area contributed by atoms with Crippen LogP contribution in [0.15, 0.2) is 48.7 Å². The molecule has 7 heteroatoms. The van der Waals surface area contributed by atoms with E-state index in [0.717, 1.165) is 49.7 Å². The van der Waals surface area contributed by atoms with Gasteiger partial charge < -0.3 is 15.5 Å². The molecule has 1 aliphatic rings. The SMILES string of the molecule is CCS(=O)N1CCC(c2c[nH]c3c(C(N)=O)cc(OCCCc4ccccc4)cc23)CC1. The molecule has 1 aromatic heterocycles. The number of amides is 1. The van der Waals surface area contributed by atoms with Crippen LogP contribution in [-0.4, -0.2) is 44.9 Å². The van der Waals surface area contributed by atoms with Crippen molar-refractivity contribution in [2.45, 2.75) is 38.5 Å². The summed E-state index contributed by atoms with van der Waals surface area (Å²) in [7, 11) is -0.890. The number of hydrogen-bond donors (Lipinski definition) is 2. The zero-order chi connectivity index (χ0) is 22.5. The maximum absolute atomic E-state index is 12.1. The average Bonchev–Trinajstić information content (AvgIpc) is 3.25. The zero-order valence-corrected chi connectivity index (χ0v) is 19.3. The van der Waals surface area contributed by atoms with E-state index < -0.39 is 16.9 Å². The molecule has 6 nitrogen and oxygen atoms in total.